The number of nitrogens with zero attached hydrogens (tertiary/aromatic N) is 1. The van der Waals surface area contributed by atoms with E-state index in [1.165, 1.54) is 0 Å². The van der Waals surface area contributed by atoms with Crippen LogP contribution in [0.1, 0.15) is 27.7 Å². The van der Waals surface area contributed by atoms with Crippen LogP contribution >= 0.6 is 0 Å². The molecule has 1 heteroatoms. The zero-order valence-corrected chi connectivity index (χ0v) is 7.23. The molecule has 0 heterocycles. The van der Waals surface area contributed by atoms with Gasteiger partial charge in [0.15, 0.2) is 0 Å². The molecule has 10 heavy (non-hydrogen) atoms. The van der Waals surface area contributed by atoms with Crippen molar-refractivity contribution in [1.82, 2.24) is 0 Å². The second kappa shape index (κ2) is 2.88. The van der Waals surface area contributed by atoms with Gasteiger partial charge in [-0.25, -0.2) is 0 Å². The van der Waals surface area contributed by atoms with Crippen molar-refractivity contribution in [3.8, 4) is 6.07 Å². The Morgan fingerprint density at radius 3 is 2.00 bits per heavy atom. The minimum absolute atomic E-state index is 0.367. The van der Waals surface area contributed by atoms with E-state index < -0.39 is 0 Å². The van der Waals surface area contributed by atoms with Gasteiger partial charge in [0, 0.05) is 0 Å². The lowest BCUT2D eigenvalue weighted by Crippen LogP contribution is -2.14. The first-order chi connectivity index (χ1) is 4.41. The van der Waals surface area contributed by atoms with Crippen LogP contribution in [0.15, 0.2) is 12.2 Å². The minimum atomic E-state index is -0.367. The highest BCUT2D eigenvalue weighted by Gasteiger charge is 2.22. The fraction of sp³-hybridized carbons (Fsp3) is 0.667. The van der Waals surface area contributed by atoms with Crippen LogP contribution in [0.2, 0.25) is 0 Å². The number of allylic oxidation sites excluding steroid dienone is 1. The first-order valence-corrected chi connectivity index (χ1v) is 3.52. The fourth-order valence-corrected chi connectivity index (χ4v) is 0.793. The molecule has 0 atom stereocenters. The first kappa shape index (κ1) is 9.23. The largest absolute Gasteiger partial charge is 0.197 e. The van der Waals surface area contributed by atoms with Crippen molar-refractivity contribution in [1.29, 1.82) is 5.26 Å². The average Bonchev–Trinajstić information content (AvgIpc) is 1.86. The molecule has 1 nitrogen and oxygen atoms in total. The summed E-state index contributed by atoms with van der Waals surface area (Å²) in [4.78, 5) is 0. The average molecular weight is 137 g/mol. The molecule has 0 amide bonds. The smallest absolute Gasteiger partial charge is 0.0728 e. The highest BCUT2D eigenvalue weighted by molar-refractivity contribution is 5.18. The predicted molar refractivity (Wildman–Crippen MR) is 43.4 cm³/mol. The van der Waals surface area contributed by atoms with E-state index >= 15 is 0 Å². The normalized spacial score (nSPS) is 11.2. The second-order valence-corrected chi connectivity index (χ2v) is 3.42. The summed E-state index contributed by atoms with van der Waals surface area (Å²) in [7, 11) is 0. The Balaban J connectivity index is 4.38. The summed E-state index contributed by atoms with van der Waals surface area (Å²) in [6.07, 6.45) is 0. The summed E-state index contributed by atoms with van der Waals surface area (Å²) in [5.41, 5.74) is 0.642. The van der Waals surface area contributed by atoms with Crippen LogP contribution in [-0.4, -0.2) is 0 Å². The van der Waals surface area contributed by atoms with E-state index in [2.05, 4.69) is 26.5 Å². The van der Waals surface area contributed by atoms with E-state index in [9.17, 15) is 0 Å². The molecular formula is C9H15N. The maximum absolute atomic E-state index is 8.70. The maximum atomic E-state index is 8.70. The summed E-state index contributed by atoms with van der Waals surface area (Å²) in [5.74, 6) is 0.398. The Morgan fingerprint density at radius 1 is 1.50 bits per heavy atom. The van der Waals surface area contributed by atoms with Crippen LogP contribution in [0.3, 0.4) is 0 Å². The van der Waals surface area contributed by atoms with Crippen LogP contribution in [0.5, 0.6) is 0 Å². The van der Waals surface area contributed by atoms with Gasteiger partial charge in [-0.2, -0.15) is 5.26 Å². The Kier molecular flexibility index (Phi) is 2.65. The molecule has 0 aromatic rings. The van der Waals surface area contributed by atoms with Gasteiger partial charge in [-0.3, -0.25) is 0 Å². The summed E-state index contributed by atoms with van der Waals surface area (Å²) >= 11 is 0. The topological polar surface area (TPSA) is 23.8 Å². The summed E-state index contributed by atoms with van der Waals surface area (Å²) in [5, 5.41) is 8.70. The molecule has 0 spiro atoms. The Hall–Kier alpha value is -0.770. The third kappa shape index (κ3) is 1.88. The molecule has 0 saturated carbocycles. The van der Waals surface area contributed by atoms with Gasteiger partial charge in [0.05, 0.1) is 11.5 Å². The van der Waals surface area contributed by atoms with Crippen molar-refractivity contribution in [3.05, 3.63) is 12.2 Å². The summed E-state index contributed by atoms with van der Waals surface area (Å²) < 4.78 is 0. The van der Waals surface area contributed by atoms with Crippen molar-refractivity contribution < 1.29 is 0 Å². The lowest BCUT2D eigenvalue weighted by Gasteiger charge is -2.21. The SMILES string of the molecule is C=C(C(C)C)C(C)(C)C#N. The third-order valence-electron chi connectivity index (χ3n) is 1.78. The molecule has 56 valence electrons. The van der Waals surface area contributed by atoms with Crippen molar-refractivity contribution in [2.45, 2.75) is 27.7 Å². The van der Waals surface area contributed by atoms with Crippen molar-refractivity contribution in [2.24, 2.45) is 11.3 Å². The highest BCUT2D eigenvalue weighted by Crippen LogP contribution is 2.28. The molecule has 0 aliphatic heterocycles. The molecule has 0 unspecified atom stereocenters. The van der Waals surface area contributed by atoms with Crippen molar-refractivity contribution >= 4 is 0 Å². The molecule has 0 bridgehead atoms. The van der Waals surface area contributed by atoms with Crippen LogP contribution in [0.4, 0.5) is 0 Å². The quantitative estimate of drug-likeness (QED) is 0.537. The van der Waals surface area contributed by atoms with E-state index in [-0.39, 0.29) is 5.41 Å². The molecule has 0 aliphatic carbocycles. The standard InChI is InChI=1S/C9H15N/c1-7(2)8(3)9(4,5)6-10/h7H,3H2,1-2,4-5H3. The van der Waals surface area contributed by atoms with E-state index in [0.29, 0.717) is 5.92 Å². The number of rotatable bonds is 2. The van der Waals surface area contributed by atoms with E-state index in [4.69, 9.17) is 5.26 Å². The third-order valence-corrected chi connectivity index (χ3v) is 1.78. The lowest BCUT2D eigenvalue weighted by molar-refractivity contribution is 0.521. The zero-order chi connectivity index (χ0) is 8.36. The Labute approximate surface area is 63.4 Å². The monoisotopic (exact) mass is 137 g/mol. The van der Waals surface area contributed by atoms with Crippen molar-refractivity contribution in [2.75, 3.05) is 0 Å². The summed E-state index contributed by atoms with van der Waals surface area (Å²) in [6.45, 7) is 11.8. The van der Waals surface area contributed by atoms with Gasteiger partial charge in [0.25, 0.3) is 0 Å². The predicted octanol–water partition coefficient (Wildman–Crippen LogP) is 2.75. The molecule has 0 radical (unpaired) electrons. The van der Waals surface area contributed by atoms with Crippen LogP contribution in [0.25, 0.3) is 0 Å². The molecule has 0 saturated heterocycles. The molecule has 0 rings (SSSR count). The van der Waals surface area contributed by atoms with E-state index in [0.717, 1.165) is 5.57 Å². The van der Waals surface area contributed by atoms with Crippen LogP contribution < -0.4 is 0 Å². The maximum Gasteiger partial charge on any atom is 0.0728 e. The Morgan fingerprint density at radius 2 is 1.90 bits per heavy atom. The van der Waals surface area contributed by atoms with Gasteiger partial charge in [0.2, 0.25) is 0 Å². The van der Waals surface area contributed by atoms with Gasteiger partial charge < -0.3 is 0 Å². The Bertz CT molecular complexity index is 170. The fourth-order valence-electron chi connectivity index (χ4n) is 0.793. The lowest BCUT2D eigenvalue weighted by atomic mass is 9.81. The van der Waals surface area contributed by atoms with Gasteiger partial charge in [-0.1, -0.05) is 26.0 Å². The first-order valence-electron chi connectivity index (χ1n) is 3.52. The molecule has 0 N–H and O–H groups in total. The zero-order valence-electron chi connectivity index (χ0n) is 7.23. The van der Waals surface area contributed by atoms with Crippen LogP contribution in [0, 0.1) is 22.7 Å². The van der Waals surface area contributed by atoms with Gasteiger partial charge in [-0.15, -0.1) is 0 Å². The second-order valence-electron chi connectivity index (χ2n) is 3.42. The minimum Gasteiger partial charge on any atom is -0.197 e. The molecular weight excluding hydrogens is 122 g/mol. The van der Waals surface area contributed by atoms with Gasteiger partial charge >= 0.3 is 0 Å². The van der Waals surface area contributed by atoms with Gasteiger partial charge in [-0.05, 0) is 19.8 Å². The van der Waals surface area contributed by atoms with Crippen LogP contribution in [-0.2, 0) is 0 Å². The highest BCUT2D eigenvalue weighted by atomic mass is 14.3. The van der Waals surface area contributed by atoms with E-state index in [1.807, 2.05) is 13.8 Å². The molecule has 0 aliphatic rings. The summed E-state index contributed by atoms with van der Waals surface area (Å²) in [6, 6.07) is 2.22. The molecule has 0 aromatic carbocycles. The number of hydrogen-bond acceptors (Lipinski definition) is 1. The number of nitriles is 1. The van der Waals surface area contributed by atoms with E-state index in [1.54, 1.807) is 0 Å². The molecule has 0 fully saturated rings. The molecule has 0 aromatic heterocycles. The number of hydrogen-bond donors (Lipinski definition) is 0. The van der Waals surface area contributed by atoms with Gasteiger partial charge in [0.1, 0.15) is 0 Å². The van der Waals surface area contributed by atoms with Crippen molar-refractivity contribution in [3.63, 3.8) is 0 Å².